The summed E-state index contributed by atoms with van der Waals surface area (Å²) in [5.74, 6) is -1.76. The number of hydrogen-bond acceptors (Lipinski definition) is 10. The summed E-state index contributed by atoms with van der Waals surface area (Å²) in [6.07, 6.45) is 3.64. The van der Waals surface area contributed by atoms with Gasteiger partial charge in [0, 0.05) is 23.9 Å². The molecule has 54 heavy (non-hydrogen) atoms. The highest BCUT2D eigenvalue weighted by Crippen LogP contribution is 2.47. The maximum atomic E-state index is 14.5. The lowest BCUT2D eigenvalue weighted by Crippen LogP contribution is -2.60. The first-order valence-corrected chi connectivity index (χ1v) is 20.3. The molecule has 3 aliphatic heterocycles. The van der Waals surface area contributed by atoms with Crippen molar-refractivity contribution >= 4 is 39.9 Å². The quantitative estimate of drug-likeness (QED) is 0.361. The molecule has 15 nitrogen and oxygen atoms in total. The molecule has 5 amide bonds. The number of hydrogen-bond donors (Lipinski definition) is 3. The van der Waals surface area contributed by atoms with Gasteiger partial charge in [-0.2, -0.15) is 0 Å². The van der Waals surface area contributed by atoms with E-state index in [1.165, 1.54) is 9.80 Å². The van der Waals surface area contributed by atoms with Gasteiger partial charge in [-0.15, -0.1) is 0 Å². The summed E-state index contributed by atoms with van der Waals surface area (Å²) in [4.78, 5) is 72.0. The average Bonchev–Trinajstić information content (AvgIpc) is 3.99. The fourth-order valence-corrected chi connectivity index (χ4v) is 8.81. The number of sulfonamides is 1. The van der Waals surface area contributed by atoms with Gasteiger partial charge in [0.15, 0.2) is 0 Å². The predicted octanol–water partition coefficient (Wildman–Crippen LogP) is 3.51. The topological polar surface area (TPSA) is 190 Å². The molecule has 5 aliphatic rings. The molecule has 4 bridgehead atoms. The van der Waals surface area contributed by atoms with Crippen molar-refractivity contribution in [1.82, 2.24) is 25.2 Å². The van der Waals surface area contributed by atoms with Gasteiger partial charge in [0.2, 0.25) is 21.8 Å². The van der Waals surface area contributed by atoms with E-state index < -0.39 is 79.7 Å². The van der Waals surface area contributed by atoms with Crippen LogP contribution in [0, 0.1) is 16.7 Å². The Balaban J connectivity index is 1.28. The van der Waals surface area contributed by atoms with Crippen LogP contribution in [0.1, 0.15) is 91.2 Å². The minimum atomic E-state index is -3.89. The molecule has 296 valence electrons. The van der Waals surface area contributed by atoms with Crippen LogP contribution < -0.4 is 20.1 Å². The SMILES string of the molecule is CC[C@H]1C[C@@]1(NC(=O)C1C[C@@H]2CN1C(=O)[C@H](C(C)(C)C)NC(=O)OCC(C)(C)C/C=C/COc1cccc3c1CN(C3)C(=O)O2)C(=O)NS(=O)(=O)C1CC1. The average molecular weight is 772 g/mol. The zero-order valence-electron chi connectivity index (χ0n) is 31.9. The second-order valence-electron chi connectivity index (χ2n) is 17.1. The maximum Gasteiger partial charge on any atom is 0.410 e. The summed E-state index contributed by atoms with van der Waals surface area (Å²) in [6, 6.07) is 3.27. The van der Waals surface area contributed by atoms with E-state index in [2.05, 4.69) is 15.4 Å². The minimum Gasteiger partial charge on any atom is -0.489 e. The Kier molecular flexibility index (Phi) is 10.7. The molecule has 3 heterocycles. The molecular weight excluding hydrogens is 719 g/mol. The number of amides is 5. The van der Waals surface area contributed by atoms with E-state index in [0.717, 1.165) is 11.1 Å². The Morgan fingerprint density at radius 2 is 1.80 bits per heavy atom. The second-order valence-corrected chi connectivity index (χ2v) is 19.1. The van der Waals surface area contributed by atoms with E-state index in [-0.39, 0.29) is 45.0 Å². The number of rotatable bonds is 6. The van der Waals surface area contributed by atoms with E-state index in [1.54, 1.807) is 20.8 Å². The third kappa shape index (κ3) is 8.47. The third-order valence-corrected chi connectivity index (χ3v) is 12.8. The monoisotopic (exact) mass is 771 g/mol. The Labute approximate surface area is 316 Å². The molecule has 6 rings (SSSR count). The predicted molar refractivity (Wildman–Crippen MR) is 196 cm³/mol. The number of allylic oxidation sites excluding steroid dienone is 1. The number of ether oxygens (including phenoxy) is 3. The number of alkyl carbamates (subject to hydrolysis) is 1. The largest absolute Gasteiger partial charge is 0.489 e. The number of fused-ring (bicyclic) bond motifs is 3. The summed E-state index contributed by atoms with van der Waals surface area (Å²) >= 11 is 0. The fraction of sp³-hybridized carbons (Fsp3) is 0.658. The molecular formula is C38H53N5O10S. The number of nitrogens with zero attached hydrogens (tertiary/aromatic N) is 2. The molecule has 0 aromatic heterocycles. The number of carbonyl (C=O) groups excluding carboxylic acids is 5. The van der Waals surface area contributed by atoms with E-state index in [1.807, 2.05) is 51.1 Å². The van der Waals surface area contributed by atoms with Gasteiger partial charge in [-0.3, -0.25) is 24.0 Å². The molecule has 5 atom stereocenters. The van der Waals surface area contributed by atoms with Gasteiger partial charge in [0.05, 0.1) is 24.9 Å². The Morgan fingerprint density at radius 1 is 1.06 bits per heavy atom. The van der Waals surface area contributed by atoms with Gasteiger partial charge in [-0.05, 0) is 48.6 Å². The summed E-state index contributed by atoms with van der Waals surface area (Å²) in [7, 11) is -3.89. The molecule has 1 aromatic carbocycles. The lowest BCUT2D eigenvalue weighted by Gasteiger charge is -2.35. The molecule has 1 unspecified atom stereocenters. The lowest BCUT2D eigenvalue weighted by atomic mass is 9.85. The van der Waals surface area contributed by atoms with Crippen LogP contribution in [-0.4, -0.2) is 96.9 Å². The van der Waals surface area contributed by atoms with Crippen LogP contribution in [-0.2, 0) is 47.0 Å². The zero-order chi connectivity index (χ0) is 39.2. The van der Waals surface area contributed by atoms with Crippen molar-refractivity contribution in [3.8, 4) is 5.75 Å². The Bertz CT molecular complexity index is 1820. The van der Waals surface area contributed by atoms with Crippen LogP contribution in [0.5, 0.6) is 5.75 Å². The fourth-order valence-electron chi connectivity index (χ4n) is 7.45. The van der Waals surface area contributed by atoms with Gasteiger partial charge in [-0.25, -0.2) is 18.0 Å². The molecule has 1 aromatic rings. The normalized spacial score (nSPS) is 29.5. The van der Waals surface area contributed by atoms with Crippen molar-refractivity contribution in [2.45, 2.75) is 122 Å². The highest BCUT2D eigenvalue weighted by Gasteiger charge is 2.62. The van der Waals surface area contributed by atoms with Crippen LogP contribution in [0.15, 0.2) is 30.4 Å². The Hall–Kier alpha value is -4.34. The highest BCUT2D eigenvalue weighted by atomic mass is 32.2. The number of nitrogens with one attached hydrogen (secondary N) is 3. The van der Waals surface area contributed by atoms with E-state index in [0.29, 0.717) is 38.0 Å². The van der Waals surface area contributed by atoms with Crippen LogP contribution in [0.3, 0.4) is 0 Å². The zero-order valence-corrected chi connectivity index (χ0v) is 32.8. The van der Waals surface area contributed by atoms with Crippen LogP contribution >= 0.6 is 0 Å². The number of benzene rings is 1. The van der Waals surface area contributed by atoms with Crippen molar-refractivity contribution < 1.29 is 46.6 Å². The highest BCUT2D eigenvalue weighted by molar-refractivity contribution is 7.91. The van der Waals surface area contributed by atoms with Gasteiger partial charge in [0.25, 0.3) is 5.91 Å². The van der Waals surface area contributed by atoms with Gasteiger partial charge >= 0.3 is 12.2 Å². The van der Waals surface area contributed by atoms with Crippen molar-refractivity contribution in [3.63, 3.8) is 0 Å². The first-order valence-electron chi connectivity index (χ1n) is 18.8. The molecule has 2 aliphatic carbocycles. The van der Waals surface area contributed by atoms with Crippen molar-refractivity contribution in [2.75, 3.05) is 19.8 Å². The minimum absolute atomic E-state index is 0.0586. The van der Waals surface area contributed by atoms with Crippen molar-refractivity contribution in [3.05, 3.63) is 41.5 Å². The molecule has 16 heteroatoms. The first kappa shape index (κ1) is 39.4. The molecule has 2 saturated carbocycles. The summed E-state index contributed by atoms with van der Waals surface area (Å²) in [6.45, 7) is 11.8. The maximum absolute atomic E-state index is 14.5. The summed E-state index contributed by atoms with van der Waals surface area (Å²) in [5.41, 5.74) is -0.984. The second kappa shape index (κ2) is 14.7. The van der Waals surface area contributed by atoms with E-state index >= 15 is 0 Å². The molecule has 3 N–H and O–H groups in total. The van der Waals surface area contributed by atoms with E-state index in [9.17, 15) is 32.4 Å². The van der Waals surface area contributed by atoms with Crippen LogP contribution in [0.2, 0.25) is 0 Å². The van der Waals surface area contributed by atoms with Crippen molar-refractivity contribution in [2.24, 2.45) is 16.7 Å². The molecule has 0 spiro atoms. The van der Waals surface area contributed by atoms with Gasteiger partial charge in [-0.1, -0.05) is 72.2 Å². The van der Waals surface area contributed by atoms with Gasteiger partial charge < -0.3 is 29.7 Å². The number of carbonyl (C=O) groups is 5. The van der Waals surface area contributed by atoms with Crippen molar-refractivity contribution in [1.29, 1.82) is 0 Å². The molecule has 3 fully saturated rings. The first-order chi connectivity index (χ1) is 25.3. The summed E-state index contributed by atoms with van der Waals surface area (Å²) in [5, 5.41) is 4.90. The smallest absolute Gasteiger partial charge is 0.410 e. The van der Waals surface area contributed by atoms with Crippen LogP contribution in [0.25, 0.3) is 0 Å². The van der Waals surface area contributed by atoms with Crippen LogP contribution in [0.4, 0.5) is 9.59 Å². The lowest BCUT2D eigenvalue weighted by molar-refractivity contribution is -0.143. The number of cyclic esters (lactones) is 1. The molecule has 1 saturated heterocycles. The summed E-state index contributed by atoms with van der Waals surface area (Å²) < 4.78 is 45.2. The Morgan fingerprint density at radius 3 is 2.46 bits per heavy atom. The standard InChI is InChI=1S/C38H53N5O10S/c1-7-24-18-38(24,33(46)41-54(49,50)26-13-14-26)40-31(44)28-17-25-20-43(28)32(45)30(36(2,3)4)39-34(47)52-22-37(5,6)15-8-9-16-51-29-12-10-11-23-19-42(21-27(23)29)35(48)53-25/h8-12,24-26,28,30H,7,13-22H2,1-6H3,(H,39,47)(H,40,44)(H,41,46)/b9-8+/t24-,25+,28?,30+,38-/m0/s1. The molecule has 0 radical (unpaired) electrons. The third-order valence-electron chi connectivity index (χ3n) is 11.0. The van der Waals surface area contributed by atoms with Gasteiger partial charge in [0.1, 0.15) is 36.1 Å². The van der Waals surface area contributed by atoms with E-state index in [4.69, 9.17) is 14.2 Å².